The summed E-state index contributed by atoms with van der Waals surface area (Å²) in [7, 11) is 0. The zero-order valence-electron chi connectivity index (χ0n) is 9.33. The van der Waals surface area contributed by atoms with E-state index >= 15 is 0 Å². The van der Waals surface area contributed by atoms with E-state index < -0.39 is 0 Å². The lowest BCUT2D eigenvalue weighted by Gasteiger charge is -2.05. The molecule has 0 bridgehead atoms. The summed E-state index contributed by atoms with van der Waals surface area (Å²) < 4.78 is 0. The fraction of sp³-hybridized carbons (Fsp3) is 0.500. The number of benzene rings is 1. The molecule has 1 rings (SSSR count). The van der Waals surface area contributed by atoms with E-state index in [1.165, 1.54) is 17.7 Å². The molecular weight excluding hydrogens is 204 g/mol. The van der Waals surface area contributed by atoms with Crippen molar-refractivity contribution in [2.45, 2.75) is 19.1 Å². The maximum absolute atomic E-state index is 5.42. The summed E-state index contributed by atoms with van der Waals surface area (Å²) in [5.74, 6) is 2.36. The largest absolute Gasteiger partial charge is 0.384 e. The molecule has 0 aliphatic heterocycles. The maximum atomic E-state index is 5.42. The van der Waals surface area contributed by atoms with Crippen LogP contribution >= 0.6 is 11.8 Å². The zero-order valence-corrected chi connectivity index (χ0v) is 10.1. The van der Waals surface area contributed by atoms with Gasteiger partial charge in [0.05, 0.1) is 0 Å². The molecule has 0 aromatic heterocycles. The molecule has 3 N–H and O–H groups in total. The van der Waals surface area contributed by atoms with Crippen molar-refractivity contribution in [3.05, 3.63) is 29.8 Å². The minimum atomic E-state index is 0.675. The second-order valence-corrected chi connectivity index (χ2v) is 4.57. The van der Waals surface area contributed by atoms with E-state index in [0.29, 0.717) is 6.54 Å². The van der Waals surface area contributed by atoms with E-state index in [1.807, 2.05) is 11.8 Å². The summed E-state index contributed by atoms with van der Waals surface area (Å²) >= 11 is 1.99. The van der Waals surface area contributed by atoms with Gasteiger partial charge in [0.25, 0.3) is 0 Å². The van der Waals surface area contributed by atoms with Gasteiger partial charge in [0, 0.05) is 24.5 Å². The molecule has 2 nitrogen and oxygen atoms in total. The Bertz CT molecular complexity index is 259. The molecular formula is C12H20N2S. The van der Waals surface area contributed by atoms with E-state index in [-0.39, 0.29) is 0 Å². The number of rotatable bonds is 7. The average molecular weight is 224 g/mol. The quantitative estimate of drug-likeness (QED) is 0.699. The zero-order chi connectivity index (χ0) is 10.9. The van der Waals surface area contributed by atoms with Gasteiger partial charge in [-0.2, -0.15) is 11.8 Å². The van der Waals surface area contributed by atoms with Gasteiger partial charge in [-0.25, -0.2) is 0 Å². The van der Waals surface area contributed by atoms with Crippen LogP contribution in [-0.4, -0.2) is 18.8 Å². The van der Waals surface area contributed by atoms with Gasteiger partial charge in [-0.3, -0.25) is 0 Å². The van der Waals surface area contributed by atoms with E-state index in [0.717, 1.165) is 18.0 Å². The molecule has 0 fully saturated rings. The lowest BCUT2D eigenvalue weighted by Crippen LogP contribution is -2.12. The lowest BCUT2D eigenvalue weighted by molar-refractivity contribution is 1.02. The molecule has 0 saturated carbocycles. The highest BCUT2D eigenvalue weighted by Gasteiger charge is 1.94. The molecule has 0 aliphatic carbocycles. The van der Waals surface area contributed by atoms with Gasteiger partial charge in [-0.1, -0.05) is 19.1 Å². The summed E-state index contributed by atoms with van der Waals surface area (Å²) in [6.07, 6.45) is 1.25. The Balaban J connectivity index is 2.35. The van der Waals surface area contributed by atoms with Crippen LogP contribution in [0.2, 0.25) is 0 Å². The number of nitrogens with two attached hydrogens (primary N) is 1. The minimum absolute atomic E-state index is 0.675. The van der Waals surface area contributed by atoms with Gasteiger partial charge in [0.1, 0.15) is 0 Å². The Labute approximate surface area is 96.6 Å². The molecule has 0 heterocycles. The topological polar surface area (TPSA) is 38.0 Å². The van der Waals surface area contributed by atoms with Crippen molar-refractivity contribution < 1.29 is 0 Å². The molecule has 3 heteroatoms. The van der Waals surface area contributed by atoms with Crippen LogP contribution in [0.25, 0.3) is 0 Å². The first kappa shape index (κ1) is 12.4. The first-order valence-corrected chi connectivity index (χ1v) is 6.63. The van der Waals surface area contributed by atoms with E-state index in [4.69, 9.17) is 5.73 Å². The average Bonchev–Trinajstić information content (AvgIpc) is 2.28. The van der Waals surface area contributed by atoms with Gasteiger partial charge < -0.3 is 11.1 Å². The Morgan fingerprint density at radius 3 is 2.60 bits per heavy atom. The standard InChI is InChI=1S/C12H20N2S/c1-2-9-15-10-11-3-5-12(6-4-11)14-8-7-13/h3-6,14H,2,7-10,13H2,1H3. The van der Waals surface area contributed by atoms with Crippen molar-refractivity contribution in [1.29, 1.82) is 0 Å². The highest BCUT2D eigenvalue weighted by molar-refractivity contribution is 7.98. The number of hydrogen-bond acceptors (Lipinski definition) is 3. The summed E-state index contributed by atoms with van der Waals surface area (Å²) in [5.41, 5.74) is 7.97. The first-order chi connectivity index (χ1) is 7.36. The maximum Gasteiger partial charge on any atom is 0.0340 e. The normalized spacial score (nSPS) is 10.3. The number of hydrogen-bond donors (Lipinski definition) is 2. The van der Waals surface area contributed by atoms with Crippen molar-refractivity contribution in [2.75, 3.05) is 24.2 Å². The molecule has 0 atom stereocenters. The Kier molecular flexibility index (Phi) is 6.28. The summed E-state index contributed by atoms with van der Waals surface area (Å²) in [5, 5.41) is 3.26. The first-order valence-electron chi connectivity index (χ1n) is 5.47. The van der Waals surface area contributed by atoms with Crippen molar-refractivity contribution in [3.63, 3.8) is 0 Å². The minimum Gasteiger partial charge on any atom is -0.384 e. The third-order valence-electron chi connectivity index (χ3n) is 2.04. The second kappa shape index (κ2) is 7.60. The van der Waals surface area contributed by atoms with E-state index in [2.05, 4.69) is 36.5 Å². The van der Waals surface area contributed by atoms with Gasteiger partial charge in [-0.05, 0) is 29.9 Å². The fourth-order valence-corrected chi connectivity index (χ4v) is 2.13. The van der Waals surface area contributed by atoms with Gasteiger partial charge in [-0.15, -0.1) is 0 Å². The Hall–Kier alpha value is -0.670. The van der Waals surface area contributed by atoms with Crippen LogP contribution in [-0.2, 0) is 5.75 Å². The molecule has 1 aromatic carbocycles. The third-order valence-corrected chi connectivity index (χ3v) is 3.28. The van der Waals surface area contributed by atoms with Crippen molar-refractivity contribution >= 4 is 17.4 Å². The van der Waals surface area contributed by atoms with Gasteiger partial charge in [0.2, 0.25) is 0 Å². The molecule has 15 heavy (non-hydrogen) atoms. The van der Waals surface area contributed by atoms with Gasteiger partial charge >= 0.3 is 0 Å². The van der Waals surface area contributed by atoms with Crippen LogP contribution in [0.3, 0.4) is 0 Å². The molecule has 0 saturated heterocycles. The fourth-order valence-electron chi connectivity index (χ4n) is 1.27. The van der Waals surface area contributed by atoms with Crippen LogP contribution in [0.4, 0.5) is 5.69 Å². The molecule has 0 radical (unpaired) electrons. The highest BCUT2D eigenvalue weighted by Crippen LogP contribution is 2.15. The Morgan fingerprint density at radius 2 is 2.00 bits per heavy atom. The van der Waals surface area contributed by atoms with Crippen molar-refractivity contribution in [1.82, 2.24) is 0 Å². The predicted octanol–water partition coefficient (Wildman–Crippen LogP) is 2.70. The summed E-state index contributed by atoms with van der Waals surface area (Å²) in [6, 6.07) is 8.61. The van der Waals surface area contributed by atoms with Crippen LogP contribution in [0.15, 0.2) is 24.3 Å². The lowest BCUT2D eigenvalue weighted by atomic mass is 10.2. The van der Waals surface area contributed by atoms with Gasteiger partial charge in [0.15, 0.2) is 0 Å². The highest BCUT2D eigenvalue weighted by atomic mass is 32.2. The van der Waals surface area contributed by atoms with Crippen LogP contribution < -0.4 is 11.1 Å². The van der Waals surface area contributed by atoms with Crippen LogP contribution in [0.5, 0.6) is 0 Å². The van der Waals surface area contributed by atoms with Crippen molar-refractivity contribution in [3.8, 4) is 0 Å². The molecule has 0 aliphatic rings. The SMILES string of the molecule is CCCSCc1ccc(NCCN)cc1. The van der Waals surface area contributed by atoms with Crippen LogP contribution in [0.1, 0.15) is 18.9 Å². The number of thioether (sulfide) groups is 1. The molecule has 0 amide bonds. The molecule has 0 unspecified atom stereocenters. The van der Waals surface area contributed by atoms with E-state index in [1.54, 1.807) is 0 Å². The second-order valence-electron chi connectivity index (χ2n) is 3.46. The monoisotopic (exact) mass is 224 g/mol. The molecule has 84 valence electrons. The van der Waals surface area contributed by atoms with Crippen molar-refractivity contribution in [2.24, 2.45) is 5.73 Å². The molecule has 1 aromatic rings. The smallest absolute Gasteiger partial charge is 0.0340 e. The predicted molar refractivity (Wildman–Crippen MR) is 70.4 cm³/mol. The summed E-state index contributed by atoms with van der Waals surface area (Å²) in [4.78, 5) is 0. The van der Waals surface area contributed by atoms with E-state index in [9.17, 15) is 0 Å². The third kappa shape index (κ3) is 5.09. The summed E-state index contributed by atoms with van der Waals surface area (Å²) in [6.45, 7) is 3.73. The van der Waals surface area contributed by atoms with Crippen LogP contribution in [0, 0.1) is 0 Å². The number of nitrogens with one attached hydrogen (secondary N) is 1. The Morgan fingerprint density at radius 1 is 1.27 bits per heavy atom. The number of anilines is 1. The molecule has 0 spiro atoms.